The van der Waals surface area contributed by atoms with Crippen molar-refractivity contribution in [3.05, 3.63) is 72.3 Å². The monoisotopic (exact) mass is 280 g/mol. The molecule has 0 aliphatic rings. The first-order chi connectivity index (χ1) is 10.1. The molecule has 3 heteroatoms. The summed E-state index contributed by atoms with van der Waals surface area (Å²) in [5, 5.41) is 0. The largest absolute Gasteiger partial charge is 0.372 e. The third-order valence-electron chi connectivity index (χ3n) is 3.05. The van der Waals surface area contributed by atoms with Gasteiger partial charge in [0.2, 0.25) is 0 Å². The van der Waals surface area contributed by atoms with Crippen molar-refractivity contribution in [3.8, 4) is 0 Å². The summed E-state index contributed by atoms with van der Waals surface area (Å²) in [6.07, 6.45) is 0. The highest BCUT2D eigenvalue weighted by Crippen LogP contribution is 2.14. The third kappa shape index (κ3) is 4.36. The lowest BCUT2D eigenvalue weighted by Gasteiger charge is -2.09. The van der Waals surface area contributed by atoms with E-state index >= 15 is 0 Å². The predicted octanol–water partition coefficient (Wildman–Crippen LogP) is 3.84. The predicted molar refractivity (Wildman–Crippen MR) is 86.8 cm³/mol. The van der Waals surface area contributed by atoms with Gasteiger partial charge in [0.1, 0.15) is 0 Å². The number of ether oxygens (including phenoxy) is 1. The van der Waals surface area contributed by atoms with E-state index in [1.54, 1.807) is 0 Å². The summed E-state index contributed by atoms with van der Waals surface area (Å²) in [5.74, 6) is 0. The molecule has 0 aliphatic heterocycles. The lowest BCUT2D eigenvalue weighted by atomic mass is 10.2. The molecule has 0 saturated heterocycles. The zero-order valence-electron chi connectivity index (χ0n) is 12.6. The SMILES string of the molecule is C=C(COCC(=C)c1cccc(C)n1)c1cccc(C)n1. The summed E-state index contributed by atoms with van der Waals surface area (Å²) in [6, 6.07) is 11.7. The molecule has 2 rings (SSSR count). The first-order valence-corrected chi connectivity index (χ1v) is 6.87. The van der Waals surface area contributed by atoms with E-state index < -0.39 is 0 Å². The van der Waals surface area contributed by atoms with Crippen molar-refractivity contribution in [2.45, 2.75) is 13.8 Å². The van der Waals surface area contributed by atoms with Crippen LogP contribution in [0.4, 0.5) is 0 Å². The van der Waals surface area contributed by atoms with E-state index in [4.69, 9.17) is 4.74 Å². The number of hydrogen-bond donors (Lipinski definition) is 0. The highest BCUT2D eigenvalue weighted by molar-refractivity contribution is 5.62. The molecule has 2 aromatic heterocycles. The quantitative estimate of drug-likeness (QED) is 0.806. The highest BCUT2D eigenvalue weighted by atomic mass is 16.5. The Balaban J connectivity index is 1.87. The molecule has 0 aliphatic carbocycles. The van der Waals surface area contributed by atoms with E-state index in [1.807, 2.05) is 50.2 Å². The van der Waals surface area contributed by atoms with Crippen LogP contribution in [0.2, 0.25) is 0 Å². The van der Waals surface area contributed by atoms with E-state index in [-0.39, 0.29) is 0 Å². The van der Waals surface area contributed by atoms with Crippen LogP contribution in [0.25, 0.3) is 11.1 Å². The molecule has 0 unspecified atom stereocenters. The number of aromatic nitrogens is 2. The van der Waals surface area contributed by atoms with E-state index in [0.717, 1.165) is 33.9 Å². The second-order valence-electron chi connectivity index (χ2n) is 5.03. The minimum atomic E-state index is 0.432. The topological polar surface area (TPSA) is 35.0 Å². The molecule has 0 saturated carbocycles. The Hall–Kier alpha value is -2.26. The zero-order chi connectivity index (χ0) is 15.2. The van der Waals surface area contributed by atoms with Crippen LogP contribution in [-0.2, 0) is 4.74 Å². The van der Waals surface area contributed by atoms with Gasteiger partial charge in [-0.05, 0) is 49.3 Å². The summed E-state index contributed by atoms with van der Waals surface area (Å²) in [6.45, 7) is 12.8. The lowest BCUT2D eigenvalue weighted by molar-refractivity contribution is 0.204. The second kappa shape index (κ2) is 6.95. The number of pyridine rings is 2. The molecule has 0 N–H and O–H groups in total. The van der Waals surface area contributed by atoms with Crippen molar-refractivity contribution in [2.75, 3.05) is 13.2 Å². The normalized spacial score (nSPS) is 10.4. The molecule has 0 radical (unpaired) electrons. The molecule has 0 amide bonds. The van der Waals surface area contributed by atoms with Gasteiger partial charge in [0.25, 0.3) is 0 Å². The third-order valence-corrected chi connectivity index (χ3v) is 3.05. The van der Waals surface area contributed by atoms with Gasteiger partial charge >= 0.3 is 0 Å². The van der Waals surface area contributed by atoms with Crippen LogP contribution >= 0.6 is 0 Å². The molecule has 2 heterocycles. The molecule has 108 valence electrons. The van der Waals surface area contributed by atoms with Gasteiger partial charge in [-0.25, -0.2) is 0 Å². The molecule has 2 aromatic rings. The average molecular weight is 280 g/mol. The molecule has 21 heavy (non-hydrogen) atoms. The first-order valence-electron chi connectivity index (χ1n) is 6.87. The lowest BCUT2D eigenvalue weighted by Crippen LogP contribution is -2.03. The Morgan fingerprint density at radius 1 is 0.857 bits per heavy atom. The summed E-state index contributed by atoms with van der Waals surface area (Å²) in [7, 11) is 0. The van der Waals surface area contributed by atoms with Gasteiger partial charge in [-0.3, -0.25) is 9.97 Å². The van der Waals surface area contributed by atoms with Crippen LogP contribution in [-0.4, -0.2) is 23.2 Å². The van der Waals surface area contributed by atoms with Crippen LogP contribution < -0.4 is 0 Å². The van der Waals surface area contributed by atoms with Crippen molar-refractivity contribution in [2.24, 2.45) is 0 Å². The number of nitrogens with zero attached hydrogens (tertiary/aromatic N) is 2. The van der Waals surface area contributed by atoms with Crippen molar-refractivity contribution >= 4 is 11.1 Å². The fourth-order valence-electron chi connectivity index (χ4n) is 1.93. The van der Waals surface area contributed by atoms with Crippen molar-refractivity contribution < 1.29 is 4.74 Å². The average Bonchev–Trinajstić information content (AvgIpc) is 2.47. The van der Waals surface area contributed by atoms with E-state index in [0.29, 0.717) is 13.2 Å². The van der Waals surface area contributed by atoms with Crippen LogP contribution in [0, 0.1) is 13.8 Å². The van der Waals surface area contributed by atoms with Gasteiger partial charge < -0.3 is 4.74 Å². The Kier molecular flexibility index (Phi) is 5.01. The van der Waals surface area contributed by atoms with Gasteiger partial charge in [-0.2, -0.15) is 0 Å². The Labute approximate surface area is 126 Å². The smallest absolute Gasteiger partial charge is 0.0736 e. The van der Waals surface area contributed by atoms with Crippen LogP contribution in [0.5, 0.6) is 0 Å². The Morgan fingerprint density at radius 2 is 1.29 bits per heavy atom. The molecule has 0 bridgehead atoms. The number of rotatable bonds is 6. The maximum atomic E-state index is 5.67. The van der Waals surface area contributed by atoms with Gasteiger partial charge in [0.05, 0.1) is 24.6 Å². The Morgan fingerprint density at radius 3 is 1.67 bits per heavy atom. The first kappa shape index (κ1) is 15.1. The highest BCUT2D eigenvalue weighted by Gasteiger charge is 2.04. The van der Waals surface area contributed by atoms with Crippen LogP contribution in [0.15, 0.2) is 49.6 Å². The van der Waals surface area contributed by atoms with E-state index in [1.165, 1.54) is 0 Å². The Bertz CT molecular complexity index is 604. The summed E-state index contributed by atoms with van der Waals surface area (Å²) < 4.78 is 5.67. The molecular weight excluding hydrogens is 260 g/mol. The molecule has 0 atom stereocenters. The molecular formula is C18H20N2O. The van der Waals surface area contributed by atoms with Crippen molar-refractivity contribution in [1.29, 1.82) is 0 Å². The number of hydrogen-bond acceptors (Lipinski definition) is 3. The molecule has 3 nitrogen and oxygen atoms in total. The van der Waals surface area contributed by atoms with Crippen LogP contribution in [0.1, 0.15) is 22.8 Å². The van der Waals surface area contributed by atoms with Crippen molar-refractivity contribution in [3.63, 3.8) is 0 Å². The van der Waals surface area contributed by atoms with Gasteiger partial charge in [0.15, 0.2) is 0 Å². The second-order valence-corrected chi connectivity index (χ2v) is 5.03. The summed E-state index contributed by atoms with van der Waals surface area (Å²) in [5.41, 5.74) is 5.42. The zero-order valence-corrected chi connectivity index (χ0v) is 12.6. The van der Waals surface area contributed by atoms with E-state index in [9.17, 15) is 0 Å². The van der Waals surface area contributed by atoms with Gasteiger partial charge in [0, 0.05) is 11.4 Å². The standard InChI is InChI=1S/C18H20N2O/c1-13(17-9-5-7-15(3)19-17)11-21-12-14(2)18-10-6-8-16(4)20-18/h5-10H,1-2,11-12H2,3-4H3. The fraction of sp³-hybridized carbons (Fsp3) is 0.222. The fourth-order valence-corrected chi connectivity index (χ4v) is 1.93. The summed E-state index contributed by atoms with van der Waals surface area (Å²) in [4.78, 5) is 8.85. The minimum Gasteiger partial charge on any atom is -0.372 e. The van der Waals surface area contributed by atoms with Crippen LogP contribution in [0.3, 0.4) is 0 Å². The maximum absolute atomic E-state index is 5.67. The maximum Gasteiger partial charge on any atom is 0.0736 e. The molecule has 0 spiro atoms. The van der Waals surface area contributed by atoms with Gasteiger partial charge in [-0.1, -0.05) is 25.3 Å². The minimum absolute atomic E-state index is 0.432. The molecule has 0 fully saturated rings. The van der Waals surface area contributed by atoms with Crippen molar-refractivity contribution in [1.82, 2.24) is 9.97 Å². The summed E-state index contributed by atoms with van der Waals surface area (Å²) >= 11 is 0. The number of aryl methyl sites for hydroxylation is 2. The van der Waals surface area contributed by atoms with Gasteiger partial charge in [-0.15, -0.1) is 0 Å². The van der Waals surface area contributed by atoms with E-state index in [2.05, 4.69) is 23.1 Å². The molecule has 0 aromatic carbocycles.